The van der Waals surface area contributed by atoms with Crippen molar-refractivity contribution in [3.8, 4) is 0 Å². The number of cyclic esters (lactones) is 1. The second-order valence-electron chi connectivity index (χ2n) is 7.91. The molecule has 0 bridgehead atoms. The maximum absolute atomic E-state index is 13.5. The Bertz CT molecular complexity index is 767. The van der Waals surface area contributed by atoms with Gasteiger partial charge >= 0.3 is 11.9 Å². The average Bonchev–Trinajstić information content (AvgIpc) is 3.35. The fraction of sp³-hybridized carbons (Fsp3) is 0.571. The molecular formula is C21H31Cl2N3O5. The van der Waals surface area contributed by atoms with Gasteiger partial charge in [-0.2, -0.15) is 0 Å². The summed E-state index contributed by atoms with van der Waals surface area (Å²) in [6.45, 7) is 0.781. The molecule has 0 radical (unpaired) electrons. The molecule has 1 amide bonds. The summed E-state index contributed by atoms with van der Waals surface area (Å²) in [7, 11) is 0. The normalized spacial score (nSPS) is 24.5. The summed E-state index contributed by atoms with van der Waals surface area (Å²) < 4.78 is 5.57. The van der Waals surface area contributed by atoms with Gasteiger partial charge in [0.2, 0.25) is 5.91 Å². The van der Waals surface area contributed by atoms with Gasteiger partial charge in [0, 0.05) is 13.0 Å². The minimum Gasteiger partial charge on any atom is -0.480 e. The summed E-state index contributed by atoms with van der Waals surface area (Å²) in [5.41, 5.74) is 11.6. The standard InChI is InChI=1S/C21H29N3O5.2ClH/c22-11-5-4-10-21(23,20(28)24-12-6-9-16(24)18(25)26)15-13-17(29-19(15)27)14-7-2-1-3-8-14;;/h1-3,7-8,15-17H,4-6,9-13,22-23H2,(H,25,26);2*1H/t15-,16+,17-,21+;;/m1../s1. The third-order valence-electron chi connectivity index (χ3n) is 6.03. The van der Waals surface area contributed by atoms with E-state index in [1.54, 1.807) is 0 Å². The van der Waals surface area contributed by atoms with Crippen LogP contribution in [0.1, 0.15) is 50.2 Å². The van der Waals surface area contributed by atoms with Gasteiger partial charge in [0.15, 0.2) is 0 Å². The van der Waals surface area contributed by atoms with Crippen molar-refractivity contribution >= 4 is 42.7 Å². The highest BCUT2D eigenvalue weighted by atomic mass is 35.5. The van der Waals surface area contributed by atoms with Crippen molar-refractivity contribution in [2.45, 2.75) is 56.2 Å². The van der Waals surface area contributed by atoms with Crippen molar-refractivity contribution < 1.29 is 24.2 Å². The molecule has 2 fully saturated rings. The Morgan fingerprint density at radius 1 is 1.19 bits per heavy atom. The van der Waals surface area contributed by atoms with Gasteiger partial charge in [-0.3, -0.25) is 9.59 Å². The molecule has 8 nitrogen and oxygen atoms in total. The van der Waals surface area contributed by atoms with Crippen molar-refractivity contribution in [3.05, 3.63) is 35.9 Å². The number of carbonyl (C=O) groups excluding carboxylic acids is 2. The molecule has 174 valence electrons. The van der Waals surface area contributed by atoms with E-state index in [0.29, 0.717) is 45.2 Å². The molecule has 0 spiro atoms. The molecule has 0 saturated carbocycles. The van der Waals surface area contributed by atoms with Crippen LogP contribution in [0.3, 0.4) is 0 Å². The fourth-order valence-corrected chi connectivity index (χ4v) is 4.40. The van der Waals surface area contributed by atoms with E-state index in [-0.39, 0.29) is 31.2 Å². The van der Waals surface area contributed by atoms with Gasteiger partial charge < -0.3 is 26.2 Å². The number of unbranched alkanes of at least 4 members (excludes halogenated alkanes) is 1. The number of carboxylic acid groups (broad SMARTS) is 1. The summed E-state index contributed by atoms with van der Waals surface area (Å²) in [4.78, 5) is 39.1. The van der Waals surface area contributed by atoms with Crippen LogP contribution in [0.15, 0.2) is 30.3 Å². The van der Waals surface area contributed by atoms with Crippen LogP contribution in [0.2, 0.25) is 0 Å². The lowest BCUT2D eigenvalue weighted by Gasteiger charge is -2.37. The monoisotopic (exact) mass is 475 g/mol. The number of hydrogen-bond acceptors (Lipinski definition) is 6. The first-order chi connectivity index (χ1) is 13.9. The molecule has 1 aromatic carbocycles. The molecule has 0 aliphatic carbocycles. The van der Waals surface area contributed by atoms with Crippen LogP contribution in [0.4, 0.5) is 0 Å². The average molecular weight is 476 g/mol. The van der Waals surface area contributed by atoms with Crippen molar-refractivity contribution in [2.24, 2.45) is 17.4 Å². The number of aliphatic carboxylic acids is 1. The van der Waals surface area contributed by atoms with Crippen LogP contribution in [-0.2, 0) is 19.1 Å². The van der Waals surface area contributed by atoms with Crippen LogP contribution in [0.5, 0.6) is 0 Å². The maximum Gasteiger partial charge on any atom is 0.326 e. The van der Waals surface area contributed by atoms with Crippen LogP contribution in [0, 0.1) is 5.92 Å². The number of benzene rings is 1. The molecule has 0 aromatic heterocycles. The largest absolute Gasteiger partial charge is 0.480 e. The van der Waals surface area contributed by atoms with Gasteiger partial charge in [0.25, 0.3) is 0 Å². The quantitative estimate of drug-likeness (QED) is 0.386. The molecule has 3 rings (SSSR count). The highest BCUT2D eigenvalue weighted by molar-refractivity contribution is 5.95. The van der Waals surface area contributed by atoms with Gasteiger partial charge in [-0.15, -0.1) is 24.8 Å². The van der Waals surface area contributed by atoms with E-state index in [0.717, 1.165) is 5.56 Å². The van der Waals surface area contributed by atoms with Gasteiger partial charge in [-0.25, -0.2) is 4.79 Å². The number of nitrogens with two attached hydrogens (primary N) is 2. The molecule has 5 N–H and O–H groups in total. The molecular weight excluding hydrogens is 445 g/mol. The van der Waals surface area contributed by atoms with E-state index in [2.05, 4.69) is 0 Å². The van der Waals surface area contributed by atoms with E-state index >= 15 is 0 Å². The summed E-state index contributed by atoms with van der Waals surface area (Å²) in [5.74, 6) is -2.85. The number of rotatable bonds is 8. The van der Waals surface area contributed by atoms with E-state index < -0.39 is 41.4 Å². The number of ether oxygens (including phenoxy) is 1. The van der Waals surface area contributed by atoms with E-state index in [4.69, 9.17) is 16.2 Å². The van der Waals surface area contributed by atoms with Crippen molar-refractivity contribution in [1.29, 1.82) is 0 Å². The zero-order valence-corrected chi connectivity index (χ0v) is 18.9. The summed E-state index contributed by atoms with van der Waals surface area (Å²) in [6.07, 6.45) is 2.31. The molecule has 2 saturated heterocycles. The predicted octanol–water partition coefficient (Wildman–Crippen LogP) is 2.04. The number of halogens is 2. The van der Waals surface area contributed by atoms with E-state index in [9.17, 15) is 19.5 Å². The first kappa shape index (κ1) is 27.2. The van der Waals surface area contributed by atoms with Crippen LogP contribution in [0.25, 0.3) is 0 Å². The van der Waals surface area contributed by atoms with Crippen molar-refractivity contribution in [3.63, 3.8) is 0 Å². The van der Waals surface area contributed by atoms with Crippen molar-refractivity contribution in [2.75, 3.05) is 13.1 Å². The van der Waals surface area contributed by atoms with Gasteiger partial charge in [-0.05, 0) is 44.2 Å². The minimum atomic E-state index is -1.51. The molecule has 2 aliphatic heterocycles. The van der Waals surface area contributed by atoms with Gasteiger partial charge in [0.1, 0.15) is 17.7 Å². The highest BCUT2D eigenvalue weighted by Gasteiger charge is 2.54. The lowest BCUT2D eigenvalue weighted by molar-refractivity contribution is -0.155. The third-order valence-corrected chi connectivity index (χ3v) is 6.03. The van der Waals surface area contributed by atoms with Crippen molar-refractivity contribution in [1.82, 2.24) is 4.90 Å². The molecule has 1 aromatic rings. The summed E-state index contributed by atoms with van der Waals surface area (Å²) in [6, 6.07) is 8.44. The van der Waals surface area contributed by atoms with Gasteiger partial charge in [0.05, 0.1) is 5.92 Å². The summed E-state index contributed by atoms with van der Waals surface area (Å²) in [5, 5.41) is 9.48. The maximum atomic E-state index is 13.5. The zero-order valence-electron chi connectivity index (χ0n) is 17.3. The molecule has 10 heteroatoms. The Morgan fingerprint density at radius 2 is 1.87 bits per heavy atom. The molecule has 2 heterocycles. The number of nitrogens with zero attached hydrogens (tertiary/aromatic N) is 1. The topological polar surface area (TPSA) is 136 Å². The predicted molar refractivity (Wildman–Crippen MR) is 120 cm³/mol. The molecule has 0 unspecified atom stereocenters. The fourth-order valence-electron chi connectivity index (χ4n) is 4.40. The Kier molecular flexibility index (Phi) is 10.2. The Balaban J connectivity index is 0.00000240. The smallest absolute Gasteiger partial charge is 0.326 e. The Morgan fingerprint density at radius 3 is 2.48 bits per heavy atom. The number of carbonyl (C=O) groups is 3. The van der Waals surface area contributed by atoms with Crippen LogP contribution in [-0.4, -0.2) is 52.5 Å². The number of amides is 1. The first-order valence-corrected chi connectivity index (χ1v) is 10.2. The Hall–Kier alpha value is -1.87. The number of hydrogen-bond donors (Lipinski definition) is 3. The molecule has 31 heavy (non-hydrogen) atoms. The minimum absolute atomic E-state index is 0. The highest BCUT2D eigenvalue weighted by Crippen LogP contribution is 2.41. The van der Waals surface area contributed by atoms with E-state index in [1.807, 2.05) is 30.3 Å². The molecule has 4 atom stereocenters. The third kappa shape index (κ3) is 5.68. The number of likely N-dealkylation sites (tertiary alicyclic amines) is 1. The van der Waals surface area contributed by atoms with Gasteiger partial charge in [-0.1, -0.05) is 30.3 Å². The first-order valence-electron chi connectivity index (χ1n) is 10.2. The summed E-state index contributed by atoms with van der Waals surface area (Å²) >= 11 is 0. The second-order valence-corrected chi connectivity index (χ2v) is 7.91. The van der Waals surface area contributed by atoms with Crippen LogP contribution < -0.4 is 11.5 Å². The zero-order chi connectivity index (χ0) is 21.0. The number of carboxylic acids is 1. The molecule has 2 aliphatic rings. The Labute approximate surface area is 194 Å². The second kappa shape index (κ2) is 11.7. The van der Waals surface area contributed by atoms with E-state index in [1.165, 1.54) is 4.90 Å². The SMILES string of the molecule is Cl.Cl.NCCCC[C@@](N)(C(=O)N1CCC[C@H]1C(=O)O)[C@@H]1C[C@H](c2ccccc2)OC1=O. The number of esters is 1. The lowest BCUT2D eigenvalue weighted by Crippen LogP contribution is -2.62. The van der Waals surface area contributed by atoms with Crippen LogP contribution >= 0.6 is 24.8 Å². The lowest BCUT2D eigenvalue weighted by atomic mass is 9.77.